The maximum absolute atomic E-state index is 5.93. The summed E-state index contributed by atoms with van der Waals surface area (Å²) in [5.74, 6) is 0. The van der Waals surface area contributed by atoms with Crippen molar-refractivity contribution in [3.05, 3.63) is 35.9 Å². The van der Waals surface area contributed by atoms with E-state index in [4.69, 9.17) is 12.2 Å². The molecule has 2 aliphatic carbocycles. The van der Waals surface area contributed by atoms with Crippen molar-refractivity contribution in [1.82, 2.24) is 4.90 Å². The molecule has 2 fully saturated rings. The van der Waals surface area contributed by atoms with E-state index in [0.717, 1.165) is 4.99 Å². The summed E-state index contributed by atoms with van der Waals surface area (Å²) in [4.78, 5) is 3.76. The summed E-state index contributed by atoms with van der Waals surface area (Å²) in [6, 6.07) is 12.0. The number of hydrogen-bond donors (Lipinski definition) is 0. The van der Waals surface area contributed by atoms with E-state index >= 15 is 0 Å². The summed E-state index contributed by atoms with van der Waals surface area (Å²) >= 11 is 5.93. The van der Waals surface area contributed by atoms with Gasteiger partial charge in [0, 0.05) is 17.6 Å². The summed E-state index contributed by atoms with van der Waals surface area (Å²) in [5.41, 5.74) is 1.24. The van der Waals surface area contributed by atoms with Crippen LogP contribution in [0.1, 0.15) is 69.8 Å². The van der Waals surface area contributed by atoms with Gasteiger partial charge in [-0.1, -0.05) is 81.1 Å². The van der Waals surface area contributed by atoms with Crippen molar-refractivity contribution in [1.29, 1.82) is 0 Å². The summed E-state index contributed by atoms with van der Waals surface area (Å²) in [5, 5.41) is 0. The highest BCUT2D eigenvalue weighted by Gasteiger charge is 2.30. The molecular formula is C19H27NS. The normalized spacial score (nSPS) is 21.1. The summed E-state index contributed by atoms with van der Waals surface area (Å²) < 4.78 is 0. The first-order chi connectivity index (χ1) is 10.4. The molecule has 0 radical (unpaired) electrons. The Labute approximate surface area is 134 Å². The molecular weight excluding hydrogens is 274 g/mol. The molecule has 0 heterocycles. The smallest absolute Gasteiger partial charge is 0.109 e. The molecule has 2 saturated carbocycles. The third-order valence-corrected chi connectivity index (χ3v) is 5.64. The van der Waals surface area contributed by atoms with Crippen LogP contribution in [0.4, 0.5) is 0 Å². The molecule has 0 atom stereocenters. The van der Waals surface area contributed by atoms with Crippen LogP contribution in [-0.4, -0.2) is 22.0 Å². The van der Waals surface area contributed by atoms with Gasteiger partial charge in [0.25, 0.3) is 0 Å². The number of thiocarbonyl (C=S) groups is 1. The fraction of sp³-hybridized carbons (Fsp3) is 0.632. The molecule has 114 valence electrons. The van der Waals surface area contributed by atoms with Gasteiger partial charge < -0.3 is 4.90 Å². The van der Waals surface area contributed by atoms with Gasteiger partial charge in [0.15, 0.2) is 0 Å². The quantitative estimate of drug-likeness (QED) is 0.694. The van der Waals surface area contributed by atoms with Gasteiger partial charge in [-0.25, -0.2) is 0 Å². The second-order valence-electron chi connectivity index (χ2n) is 6.66. The maximum atomic E-state index is 5.93. The van der Waals surface area contributed by atoms with E-state index in [9.17, 15) is 0 Å². The van der Waals surface area contributed by atoms with Gasteiger partial charge in [-0.2, -0.15) is 0 Å². The second kappa shape index (κ2) is 7.40. The third-order valence-electron chi connectivity index (χ3n) is 5.19. The minimum Gasteiger partial charge on any atom is -0.356 e. The van der Waals surface area contributed by atoms with Crippen molar-refractivity contribution in [3.63, 3.8) is 0 Å². The van der Waals surface area contributed by atoms with Crippen LogP contribution in [0, 0.1) is 0 Å². The van der Waals surface area contributed by atoms with Crippen molar-refractivity contribution in [2.75, 3.05) is 0 Å². The minimum absolute atomic E-state index is 0.689. The summed E-state index contributed by atoms with van der Waals surface area (Å²) in [6.07, 6.45) is 13.7. The molecule has 0 N–H and O–H groups in total. The van der Waals surface area contributed by atoms with Gasteiger partial charge in [-0.15, -0.1) is 0 Å². The average molecular weight is 301 g/mol. The van der Waals surface area contributed by atoms with Crippen LogP contribution in [-0.2, 0) is 0 Å². The largest absolute Gasteiger partial charge is 0.356 e. The Balaban J connectivity index is 1.81. The average Bonchev–Trinajstić information content (AvgIpc) is 2.58. The van der Waals surface area contributed by atoms with Crippen LogP contribution in [0.5, 0.6) is 0 Å². The van der Waals surface area contributed by atoms with Crippen LogP contribution >= 0.6 is 12.2 Å². The lowest BCUT2D eigenvalue weighted by atomic mass is 9.88. The highest BCUT2D eigenvalue weighted by atomic mass is 32.1. The maximum Gasteiger partial charge on any atom is 0.109 e. The molecule has 0 unspecified atom stereocenters. The van der Waals surface area contributed by atoms with Crippen LogP contribution in [0.3, 0.4) is 0 Å². The zero-order valence-electron chi connectivity index (χ0n) is 13.0. The van der Waals surface area contributed by atoms with Crippen molar-refractivity contribution in [3.8, 4) is 0 Å². The van der Waals surface area contributed by atoms with E-state index in [2.05, 4.69) is 35.2 Å². The number of nitrogens with zero attached hydrogens (tertiary/aromatic N) is 1. The Bertz CT molecular complexity index is 426. The highest BCUT2D eigenvalue weighted by Crippen LogP contribution is 2.31. The molecule has 0 aromatic heterocycles. The Hall–Kier alpha value is -0.890. The summed E-state index contributed by atoms with van der Waals surface area (Å²) in [6.45, 7) is 0. The third kappa shape index (κ3) is 3.66. The molecule has 1 nitrogen and oxygen atoms in total. The van der Waals surface area contributed by atoms with Crippen molar-refractivity contribution in [2.45, 2.75) is 76.3 Å². The zero-order chi connectivity index (χ0) is 14.5. The lowest BCUT2D eigenvalue weighted by Gasteiger charge is -2.43. The number of hydrogen-bond acceptors (Lipinski definition) is 1. The lowest BCUT2D eigenvalue weighted by Crippen LogP contribution is -2.48. The second-order valence-corrected chi connectivity index (χ2v) is 7.05. The first-order valence-electron chi connectivity index (χ1n) is 8.74. The number of rotatable bonds is 3. The Kier molecular flexibility index (Phi) is 5.29. The van der Waals surface area contributed by atoms with E-state index in [-0.39, 0.29) is 0 Å². The van der Waals surface area contributed by atoms with Gasteiger partial charge in [0.1, 0.15) is 4.99 Å². The van der Waals surface area contributed by atoms with E-state index in [1.807, 2.05) is 0 Å². The Morgan fingerprint density at radius 2 is 1.24 bits per heavy atom. The van der Waals surface area contributed by atoms with Crippen LogP contribution < -0.4 is 0 Å². The minimum atomic E-state index is 0.689. The summed E-state index contributed by atoms with van der Waals surface area (Å²) in [7, 11) is 0. The molecule has 0 aliphatic heterocycles. The van der Waals surface area contributed by atoms with Crippen molar-refractivity contribution < 1.29 is 0 Å². The molecule has 3 rings (SSSR count). The molecule has 1 aromatic carbocycles. The molecule has 2 heteroatoms. The predicted molar refractivity (Wildman–Crippen MR) is 93.7 cm³/mol. The van der Waals surface area contributed by atoms with Gasteiger partial charge >= 0.3 is 0 Å². The van der Waals surface area contributed by atoms with E-state index in [0.29, 0.717) is 12.1 Å². The molecule has 21 heavy (non-hydrogen) atoms. The van der Waals surface area contributed by atoms with Crippen LogP contribution in [0.15, 0.2) is 30.3 Å². The molecule has 1 aromatic rings. The lowest BCUT2D eigenvalue weighted by molar-refractivity contribution is 0.161. The van der Waals surface area contributed by atoms with Gasteiger partial charge in [0.2, 0.25) is 0 Å². The van der Waals surface area contributed by atoms with Crippen LogP contribution in [0.2, 0.25) is 0 Å². The molecule has 0 amide bonds. The first kappa shape index (κ1) is 15.0. The standard InChI is InChI=1S/C19H27NS/c21-19(16-10-4-1-5-11-16)20(17-12-6-2-7-13-17)18-14-8-3-9-15-18/h1,4-5,10-11,17-18H,2-3,6-9,12-15H2. The van der Waals surface area contributed by atoms with Crippen molar-refractivity contribution >= 4 is 17.2 Å². The highest BCUT2D eigenvalue weighted by molar-refractivity contribution is 7.80. The van der Waals surface area contributed by atoms with Crippen molar-refractivity contribution in [2.24, 2.45) is 0 Å². The fourth-order valence-electron chi connectivity index (χ4n) is 4.08. The van der Waals surface area contributed by atoms with E-state index < -0.39 is 0 Å². The molecule has 0 bridgehead atoms. The topological polar surface area (TPSA) is 3.24 Å². The van der Waals surface area contributed by atoms with Gasteiger partial charge in [-0.3, -0.25) is 0 Å². The van der Waals surface area contributed by atoms with Crippen LogP contribution in [0.25, 0.3) is 0 Å². The van der Waals surface area contributed by atoms with E-state index in [1.165, 1.54) is 69.8 Å². The Morgan fingerprint density at radius 3 is 1.71 bits per heavy atom. The Morgan fingerprint density at radius 1 is 0.762 bits per heavy atom. The zero-order valence-corrected chi connectivity index (χ0v) is 13.8. The van der Waals surface area contributed by atoms with E-state index in [1.54, 1.807) is 0 Å². The SMILES string of the molecule is S=C(c1ccccc1)N(C1CCCCC1)C1CCCCC1. The van der Waals surface area contributed by atoms with Gasteiger partial charge in [-0.05, 0) is 25.7 Å². The van der Waals surface area contributed by atoms with Gasteiger partial charge in [0.05, 0.1) is 0 Å². The monoisotopic (exact) mass is 301 g/mol. The predicted octanol–water partition coefficient (Wildman–Crippen LogP) is 5.33. The fourth-order valence-corrected chi connectivity index (χ4v) is 4.51. The number of benzene rings is 1. The molecule has 0 saturated heterocycles. The molecule has 0 spiro atoms. The first-order valence-corrected chi connectivity index (χ1v) is 9.15. The molecule has 2 aliphatic rings.